The predicted octanol–water partition coefficient (Wildman–Crippen LogP) is 1.61. The number of aliphatic hydroxyl groups is 1. The molecule has 2 N–H and O–H groups in total. The van der Waals surface area contributed by atoms with Crippen molar-refractivity contribution in [2.45, 2.75) is 26.7 Å². The number of carbonyl (C=O) groups excluding carboxylic acids is 1. The van der Waals surface area contributed by atoms with Crippen molar-refractivity contribution < 1.29 is 9.90 Å². The van der Waals surface area contributed by atoms with E-state index >= 15 is 0 Å². The number of pyridine rings is 1. The van der Waals surface area contributed by atoms with Crippen molar-refractivity contribution in [1.82, 2.24) is 10.3 Å². The molecule has 17 heavy (non-hydrogen) atoms. The molecule has 1 aromatic heterocycles. The Kier molecular flexibility index (Phi) is 5.10. The predicted molar refractivity (Wildman–Crippen MR) is 66.7 cm³/mol. The van der Waals surface area contributed by atoms with Crippen LogP contribution in [0.4, 0.5) is 0 Å². The van der Waals surface area contributed by atoms with Gasteiger partial charge in [-0.25, -0.2) is 0 Å². The summed E-state index contributed by atoms with van der Waals surface area (Å²) >= 11 is 0. The summed E-state index contributed by atoms with van der Waals surface area (Å²) in [6, 6.07) is 3.35. The van der Waals surface area contributed by atoms with E-state index < -0.39 is 0 Å². The first kappa shape index (κ1) is 13.6. The topological polar surface area (TPSA) is 62.2 Å². The van der Waals surface area contributed by atoms with E-state index in [9.17, 15) is 9.90 Å². The summed E-state index contributed by atoms with van der Waals surface area (Å²) in [6.07, 6.45) is 4.87. The molecule has 0 saturated heterocycles. The fraction of sp³-hybridized carbons (Fsp3) is 0.538. The molecule has 0 spiro atoms. The first-order valence-electron chi connectivity index (χ1n) is 5.96. The van der Waals surface area contributed by atoms with Gasteiger partial charge >= 0.3 is 0 Å². The second kappa shape index (κ2) is 6.35. The van der Waals surface area contributed by atoms with Crippen molar-refractivity contribution in [3.63, 3.8) is 0 Å². The zero-order valence-electron chi connectivity index (χ0n) is 10.4. The number of hydrogen-bond acceptors (Lipinski definition) is 3. The Bertz CT molecular complexity index is 339. The third-order valence-corrected chi connectivity index (χ3v) is 3.40. The van der Waals surface area contributed by atoms with Crippen molar-refractivity contribution >= 4 is 5.91 Å². The minimum Gasteiger partial charge on any atom is -0.396 e. The van der Waals surface area contributed by atoms with Crippen molar-refractivity contribution in [3.8, 4) is 0 Å². The van der Waals surface area contributed by atoms with Crippen LogP contribution in [-0.2, 0) is 0 Å². The zero-order chi connectivity index (χ0) is 12.7. The minimum atomic E-state index is -0.206. The molecule has 94 valence electrons. The van der Waals surface area contributed by atoms with E-state index in [0.29, 0.717) is 12.1 Å². The van der Waals surface area contributed by atoms with E-state index in [0.717, 1.165) is 12.8 Å². The van der Waals surface area contributed by atoms with E-state index in [4.69, 9.17) is 0 Å². The molecular weight excluding hydrogens is 216 g/mol. The van der Waals surface area contributed by atoms with Crippen molar-refractivity contribution in [2.24, 2.45) is 5.41 Å². The maximum Gasteiger partial charge on any atom is 0.251 e. The Morgan fingerprint density at radius 2 is 1.94 bits per heavy atom. The average molecular weight is 236 g/mol. The SMILES string of the molecule is CCC(CC)(CO)CNC(=O)c1ccncc1. The largest absolute Gasteiger partial charge is 0.396 e. The van der Waals surface area contributed by atoms with Crippen LogP contribution >= 0.6 is 0 Å². The average Bonchev–Trinajstić information content (AvgIpc) is 2.41. The summed E-state index contributed by atoms with van der Waals surface area (Å²) in [5, 5.41) is 12.3. The van der Waals surface area contributed by atoms with Crippen LogP contribution in [0.3, 0.4) is 0 Å². The first-order valence-corrected chi connectivity index (χ1v) is 5.96. The van der Waals surface area contributed by atoms with Gasteiger partial charge in [0.25, 0.3) is 5.91 Å². The van der Waals surface area contributed by atoms with E-state index in [1.807, 2.05) is 13.8 Å². The summed E-state index contributed by atoms with van der Waals surface area (Å²) in [5.74, 6) is -0.118. The summed E-state index contributed by atoms with van der Waals surface area (Å²) < 4.78 is 0. The molecule has 0 unspecified atom stereocenters. The number of aromatic nitrogens is 1. The van der Waals surface area contributed by atoms with Crippen molar-refractivity contribution in [1.29, 1.82) is 0 Å². The maximum absolute atomic E-state index is 11.8. The van der Waals surface area contributed by atoms with Crippen molar-refractivity contribution in [2.75, 3.05) is 13.2 Å². The fourth-order valence-electron chi connectivity index (χ4n) is 1.65. The molecule has 0 aliphatic heterocycles. The zero-order valence-corrected chi connectivity index (χ0v) is 10.4. The summed E-state index contributed by atoms with van der Waals surface area (Å²) in [5.41, 5.74) is 0.391. The van der Waals surface area contributed by atoms with Crippen LogP contribution in [0.5, 0.6) is 0 Å². The molecule has 1 aromatic rings. The van der Waals surface area contributed by atoms with Gasteiger partial charge in [-0.3, -0.25) is 9.78 Å². The number of rotatable bonds is 6. The lowest BCUT2D eigenvalue weighted by Crippen LogP contribution is -2.39. The molecule has 0 aromatic carbocycles. The Hall–Kier alpha value is -1.42. The molecule has 0 bridgehead atoms. The van der Waals surface area contributed by atoms with Crippen LogP contribution < -0.4 is 5.32 Å². The summed E-state index contributed by atoms with van der Waals surface area (Å²) in [4.78, 5) is 15.7. The monoisotopic (exact) mass is 236 g/mol. The molecule has 0 atom stereocenters. The van der Waals surface area contributed by atoms with Crippen molar-refractivity contribution in [3.05, 3.63) is 30.1 Å². The van der Waals surface area contributed by atoms with Crippen LogP contribution in [0.2, 0.25) is 0 Å². The third kappa shape index (κ3) is 3.53. The molecule has 1 amide bonds. The summed E-state index contributed by atoms with van der Waals surface area (Å²) in [7, 11) is 0. The molecule has 0 radical (unpaired) electrons. The minimum absolute atomic E-state index is 0.0939. The van der Waals surface area contributed by atoms with Gasteiger partial charge in [0.05, 0.1) is 6.61 Å². The van der Waals surface area contributed by atoms with E-state index in [1.54, 1.807) is 24.5 Å². The van der Waals surface area contributed by atoms with Crippen LogP contribution in [0.1, 0.15) is 37.0 Å². The Morgan fingerprint density at radius 1 is 1.35 bits per heavy atom. The Morgan fingerprint density at radius 3 is 2.41 bits per heavy atom. The number of carbonyl (C=O) groups is 1. The maximum atomic E-state index is 11.8. The van der Waals surface area contributed by atoms with Crippen LogP contribution in [0.25, 0.3) is 0 Å². The standard InChI is InChI=1S/C13H20N2O2/c1-3-13(4-2,10-16)9-15-12(17)11-5-7-14-8-6-11/h5-8,16H,3-4,9-10H2,1-2H3,(H,15,17). The number of hydrogen-bond donors (Lipinski definition) is 2. The quantitative estimate of drug-likeness (QED) is 0.788. The highest BCUT2D eigenvalue weighted by atomic mass is 16.3. The molecular formula is C13H20N2O2. The van der Waals surface area contributed by atoms with E-state index in [1.165, 1.54) is 0 Å². The van der Waals surface area contributed by atoms with Crippen LogP contribution in [0.15, 0.2) is 24.5 Å². The highest BCUT2D eigenvalue weighted by molar-refractivity contribution is 5.93. The second-order valence-electron chi connectivity index (χ2n) is 4.28. The smallest absolute Gasteiger partial charge is 0.251 e. The van der Waals surface area contributed by atoms with Crippen LogP contribution in [0, 0.1) is 5.41 Å². The highest BCUT2D eigenvalue weighted by Crippen LogP contribution is 2.24. The molecule has 0 fully saturated rings. The van der Waals surface area contributed by atoms with Gasteiger partial charge in [0.1, 0.15) is 0 Å². The van der Waals surface area contributed by atoms with Gasteiger partial charge in [0.15, 0.2) is 0 Å². The third-order valence-electron chi connectivity index (χ3n) is 3.40. The first-order chi connectivity index (χ1) is 8.17. The number of nitrogens with zero attached hydrogens (tertiary/aromatic N) is 1. The molecule has 0 aliphatic rings. The number of amides is 1. The lowest BCUT2D eigenvalue weighted by molar-refractivity contribution is 0.0851. The van der Waals surface area contributed by atoms with Gasteiger partial charge in [-0.15, -0.1) is 0 Å². The van der Waals surface area contributed by atoms with E-state index in [-0.39, 0.29) is 17.9 Å². The van der Waals surface area contributed by atoms with Crippen LogP contribution in [-0.4, -0.2) is 29.1 Å². The van der Waals surface area contributed by atoms with Gasteiger partial charge in [0, 0.05) is 29.9 Å². The van der Waals surface area contributed by atoms with Gasteiger partial charge in [-0.2, -0.15) is 0 Å². The Labute approximate surface area is 102 Å². The number of aliphatic hydroxyl groups excluding tert-OH is 1. The lowest BCUT2D eigenvalue weighted by atomic mass is 9.83. The second-order valence-corrected chi connectivity index (χ2v) is 4.28. The highest BCUT2D eigenvalue weighted by Gasteiger charge is 2.25. The van der Waals surface area contributed by atoms with Gasteiger partial charge in [0.2, 0.25) is 0 Å². The molecule has 0 saturated carbocycles. The molecule has 1 heterocycles. The van der Waals surface area contributed by atoms with Gasteiger partial charge in [-0.1, -0.05) is 13.8 Å². The van der Waals surface area contributed by atoms with Gasteiger partial charge < -0.3 is 10.4 Å². The van der Waals surface area contributed by atoms with E-state index in [2.05, 4.69) is 10.3 Å². The number of nitrogens with one attached hydrogen (secondary N) is 1. The summed E-state index contributed by atoms with van der Waals surface area (Å²) in [6.45, 7) is 4.64. The fourth-order valence-corrected chi connectivity index (χ4v) is 1.65. The Balaban J connectivity index is 2.59. The molecule has 0 aliphatic carbocycles. The molecule has 4 heteroatoms. The molecule has 4 nitrogen and oxygen atoms in total. The molecule has 1 rings (SSSR count). The van der Waals surface area contributed by atoms with Gasteiger partial charge in [-0.05, 0) is 25.0 Å². The lowest BCUT2D eigenvalue weighted by Gasteiger charge is -2.29. The normalized spacial score (nSPS) is 11.2.